The van der Waals surface area contributed by atoms with Crippen molar-refractivity contribution in [3.8, 4) is 5.75 Å². The third-order valence-corrected chi connectivity index (χ3v) is 7.63. The highest BCUT2D eigenvalue weighted by atomic mass is 32.2. The molecule has 1 atom stereocenters. The van der Waals surface area contributed by atoms with E-state index in [0.29, 0.717) is 18.0 Å². The summed E-state index contributed by atoms with van der Waals surface area (Å²) in [5, 5.41) is 2.90. The Morgan fingerprint density at radius 2 is 1.71 bits per heavy atom. The Morgan fingerprint density at radius 1 is 1.06 bits per heavy atom. The van der Waals surface area contributed by atoms with E-state index in [1.54, 1.807) is 6.07 Å². The normalized spacial score (nSPS) is 18.9. The number of hydrogen-bond donors (Lipinski definition) is 1. The number of sulfonamides is 1. The number of nitrogens with one attached hydrogen (secondary N) is 1. The minimum atomic E-state index is -3.58. The smallest absolute Gasteiger partial charge is 0.263 e. The maximum atomic E-state index is 12.9. The predicted octanol–water partition coefficient (Wildman–Crippen LogP) is 3.42. The summed E-state index contributed by atoms with van der Waals surface area (Å²) in [6.07, 6.45) is 2.78. The van der Waals surface area contributed by atoms with Crippen LogP contribution in [0.5, 0.6) is 5.75 Å². The van der Waals surface area contributed by atoms with E-state index in [9.17, 15) is 13.2 Å². The molecule has 0 spiro atoms. The first-order chi connectivity index (χ1) is 16.0. The lowest BCUT2D eigenvalue weighted by molar-refractivity contribution is -0.127. The molecule has 0 saturated carbocycles. The van der Waals surface area contributed by atoms with Crippen molar-refractivity contribution in [2.24, 2.45) is 0 Å². The van der Waals surface area contributed by atoms with E-state index in [4.69, 9.17) is 4.74 Å². The molecular formula is C26H35N3O4S. The van der Waals surface area contributed by atoms with Crippen LogP contribution in [0.4, 0.5) is 5.69 Å². The summed E-state index contributed by atoms with van der Waals surface area (Å²) in [4.78, 5) is 15.4. The van der Waals surface area contributed by atoms with E-state index in [1.807, 2.05) is 24.3 Å². The van der Waals surface area contributed by atoms with Gasteiger partial charge < -0.3 is 10.1 Å². The fourth-order valence-corrected chi connectivity index (χ4v) is 5.34. The zero-order valence-electron chi connectivity index (χ0n) is 20.5. The van der Waals surface area contributed by atoms with Crippen LogP contribution in [0, 0.1) is 0 Å². The van der Waals surface area contributed by atoms with Gasteiger partial charge in [-0.1, -0.05) is 51.1 Å². The highest BCUT2D eigenvalue weighted by molar-refractivity contribution is 7.92. The molecule has 1 N–H and O–H groups in total. The van der Waals surface area contributed by atoms with Crippen LogP contribution in [0.1, 0.15) is 50.3 Å². The fourth-order valence-electron chi connectivity index (χ4n) is 4.43. The van der Waals surface area contributed by atoms with Crippen LogP contribution in [-0.2, 0) is 33.3 Å². The molecule has 0 bridgehead atoms. The van der Waals surface area contributed by atoms with Crippen molar-refractivity contribution in [1.29, 1.82) is 0 Å². The number of benzene rings is 2. The van der Waals surface area contributed by atoms with Gasteiger partial charge in [0.25, 0.3) is 5.91 Å². The maximum absolute atomic E-state index is 12.9. The second-order valence-corrected chi connectivity index (χ2v) is 12.3. The first-order valence-electron chi connectivity index (χ1n) is 11.9. The number of nitrogens with zero attached hydrogens (tertiary/aromatic N) is 2. The van der Waals surface area contributed by atoms with Crippen molar-refractivity contribution in [1.82, 2.24) is 10.2 Å². The molecule has 0 unspecified atom stereocenters. The predicted molar refractivity (Wildman–Crippen MR) is 135 cm³/mol. The summed E-state index contributed by atoms with van der Waals surface area (Å²) in [7, 11) is -3.58. The van der Waals surface area contributed by atoms with Crippen molar-refractivity contribution < 1.29 is 17.9 Å². The summed E-state index contributed by atoms with van der Waals surface area (Å²) in [6.45, 7) is 9.78. The third-order valence-electron chi connectivity index (χ3n) is 6.48. The van der Waals surface area contributed by atoms with Gasteiger partial charge in [0.05, 0.1) is 18.5 Å². The second-order valence-electron chi connectivity index (χ2n) is 10.4. The van der Waals surface area contributed by atoms with Gasteiger partial charge in [-0.05, 0) is 60.2 Å². The highest BCUT2D eigenvalue weighted by Gasteiger charge is 2.35. The van der Waals surface area contributed by atoms with E-state index in [0.717, 1.165) is 37.0 Å². The Labute approximate surface area is 203 Å². The van der Waals surface area contributed by atoms with Crippen molar-refractivity contribution in [3.05, 3.63) is 59.2 Å². The first-order valence-corrected chi connectivity index (χ1v) is 13.7. The van der Waals surface area contributed by atoms with Crippen LogP contribution in [0.3, 0.4) is 0 Å². The minimum absolute atomic E-state index is 0.0555. The number of hydrogen-bond acceptors (Lipinski definition) is 5. The van der Waals surface area contributed by atoms with Gasteiger partial charge in [0.1, 0.15) is 5.75 Å². The van der Waals surface area contributed by atoms with Gasteiger partial charge in [-0.2, -0.15) is 0 Å². The summed E-state index contributed by atoms with van der Waals surface area (Å²) in [6, 6.07) is 13.8. The monoisotopic (exact) mass is 485 g/mol. The molecule has 184 valence electrons. The van der Waals surface area contributed by atoms with E-state index in [1.165, 1.54) is 22.7 Å². The lowest BCUT2D eigenvalue weighted by Crippen LogP contribution is -2.50. The number of ether oxygens (including phenoxy) is 1. The van der Waals surface area contributed by atoms with Gasteiger partial charge in [0, 0.05) is 13.1 Å². The number of rotatable bonds is 6. The zero-order valence-corrected chi connectivity index (χ0v) is 21.3. The van der Waals surface area contributed by atoms with E-state index in [-0.39, 0.29) is 17.9 Å². The summed E-state index contributed by atoms with van der Waals surface area (Å²) in [5.41, 5.74) is 3.59. The van der Waals surface area contributed by atoms with Crippen molar-refractivity contribution in [2.45, 2.75) is 58.2 Å². The van der Waals surface area contributed by atoms with E-state index < -0.39 is 16.1 Å². The van der Waals surface area contributed by atoms with Crippen LogP contribution >= 0.6 is 0 Å². The minimum Gasteiger partial charge on any atom is -0.476 e. The Hall–Kier alpha value is -2.58. The molecule has 34 heavy (non-hydrogen) atoms. The van der Waals surface area contributed by atoms with Crippen LogP contribution in [0.2, 0.25) is 0 Å². The molecule has 8 heteroatoms. The SMILES string of the molecule is CC(C)(C)c1ccc2c(c1)N(S(C)(=O)=O)C[C@H](C(=O)NCc1ccc(CN3CCCC3)cc1)O2. The molecule has 2 aromatic rings. The Kier molecular flexibility index (Phi) is 6.92. The lowest BCUT2D eigenvalue weighted by atomic mass is 9.86. The Morgan fingerprint density at radius 3 is 2.32 bits per heavy atom. The van der Waals surface area contributed by atoms with Gasteiger partial charge >= 0.3 is 0 Å². The maximum Gasteiger partial charge on any atom is 0.263 e. The molecule has 0 aliphatic carbocycles. The lowest BCUT2D eigenvalue weighted by Gasteiger charge is -2.35. The standard InChI is InChI=1S/C26H35N3O4S/c1-26(2,3)21-11-12-23-22(15-21)29(34(4,31)32)18-24(33-23)25(30)27-16-19-7-9-20(10-8-19)17-28-13-5-6-14-28/h7-12,15,24H,5-6,13-14,16-18H2,1-4H3,(H,27,30)/t24-/m1/s1. The van der Waals surface area contributed by atoms with Crippen LogP contribution in [0.25, 0.3) is 0 Å². The number of amides is 1. The van der Waals surface area contributed by atoms with E-state index in [2.05, 4.69) is 43.1 Å². The molecule has 0 aromatic heterocycles. The zero-order chi connectivity index (χ0) is 24.5. The molecular weight excluding hydrogens is 450 g/mol. The van der Waals surface area contributed by atoms with Crippen LogP contribution in [-0.4, -0.2) is 51.2 Å². The largest absolute Gasteiger partial charge is 0.476 e. The van der Waals surface area contributed by atoms with Crippen molar-refractivity contribution in [3.63, 3.8) is 0 Å². The second kappa shape index (κ2) is 9.58. The average molecular weight is 486 g/mol. The van der Waals surface area contributed by atoms with Gasteiger partial charge in [-0.3, -0.25) is 14.0 Å². The van der Waals surface area contributed by atoms with Crippen LogP contribution in [0.15, 0.2) is 42.5 Å². The molecule has 0 radical (unpaired) electrons. The molecule has 2 aliphatic heterocycles. The number of fused-ring (bicyclic) bond motifs is 1. The molecule has 1 fully saturated rings. The molecule has 1 amide bonds. The number of carbonyl (C=O) groups is 1. The van der Waals surface area contributed by atoms with Gasteiger partial charge in [0.15, 0.2) is 6.10 Å². The Balaban J connectivity index is 1.42. The van der Waals surface area contributed by atoms with E-state index >= 15 is 0 Å². The number of likely N-dealkylation sites (tertiary alicyclic amines) is 1. The topological polar surface area (TPSA) is 79.0 Å². The van der Waals surface area contributed by atoms with Crippen molar-refractivity contribution >= 4 is 21.6 Å². The van der Waals surface area contributed by atoms with Gasteiger partial charge in [-0.25, -0.2) is 8.42 Å². The quantitative estimate of drug-likeness (QED) is 0.678. The molecule has 1 saturated heterocycles. The molecule has 4 rings (SSSR count). The fraction of sp³-hybridized carbons (Fsp3) is 0.500. The summed E-state index contributed by atoms with van der Waals surface area (Å²) in [5.74, 6) is 0.0661. The molecule has 2 aromatic carbocycles. The highest BCUT2D eigenvalue weighted by Crippen LogP contribution is 2.38. The number of carbonyl (C=O) groups excluding carboxylic acids is 1. The first kappa shape index (κ1) is 24.5. The third kappa shape index (κ3) is 5.73. The van der Waals surface area contributed by atoms with Crippen LogP contribution < -0.4 is 14.4 Å². The number of anilines is 1. The Bertz CT molecular complexity index is 1130. The molecule has 2 heterocycles. The molecule has 7 nitrogen and oxygen atoms in total. The summed E-state index contributed by atoms with van der Waals surface area (Å²) >= 11 is 0. The van der Waals surface area contributed by atoms with Gasteiger partial charge in [-0.15, -0.1) is 0 Å². The van der Waals surface area contributed by atoms with Crippen molar-refractivity contribution in [2.75, 3.05) is 30.2 Å². The summed E-state index contributed by atoms with van der Waals surface area (Å²) < 4.78 is 32.3. The molecule has 2 aliphatic rings. The van der Waals surface area contributed by atoms with Gasteiger partial charge in [0.2, 0.25) is 10.0 Å². The average Bonchev–Trinajstić information content (AvgIpc) is 3.29.